The molecule has 0 aliphatic heterocycles. The van der Waals surface area contributed by atoms with Gasteiger partial charge < -0.3 is 4.90 Å². The van der Waals surface area contributed by atoms with Gasteiger partial charge in [-0.3, -0.25) is 0 Å². The Bertz CT molecular complexity index is 255. The number of anilines is 1. The second-order valence-corrected chi connectivity index (χ2v) is 3.59. The molecule has 3 nitrogen and oxygen atoms in total. The van der Waals surface area contributed by atoms with Gasteiger partial charge in [0, 0.05) is 13.1 Å². The molecule has 0 bridgehead atoms. The van der Waals surface area contributed by atoms with Gasteiger partial charge in [0.15, 0.2) is 11.0 Å². The minimum atomic E-state index is 0.446. The summed E-state index contributed by atoms with van der Waals surface area (Å²) in [5, 5.41) is 8.34. The van der Waals surface area contributed by atoms with Gasteiger partial charge in [-0.05, 0) is 25.0 Å². The van der Waals surface area contributed by atoms with E-state index in [0.29, 0.717) is 5.15 Å². The van der Waals surface area contributed by atoms with E-state index in [1.165, 1.54) is 0 Å². The fourth-order valence-corrected chi connectivity index (χ4v) is 1.46. The maximum Gasteiger partial charge on any atom is 0.151 e. The van der Waals surface area contributed by atoms with Crippen molar-refractivity contribution in [3.63, 3.8) is 0 Å². The van der Waals surface area contributed by atoms with E-state index in [1.54, 1.807) is 6.07 Å². The maximum atomic E-state index is 5.68. The van der Waals surface area contributed by atoms with Gasteiger partial charge in [0.1, 0.15) is 0 Å². The van der Waals surface area contributed by atoms with E-state index in [4.69, 9.17) is 11.6 Å². The van der Waals surface area contributed by atoms with Crippen LogP contribution in [0.5, 0.6) is 0 Å². The monoisotopic (exact) mass is 213 g/mol. The van der Waals surface area contributed by atoms with E-state index >= 15 is 0 Å². The van der Waals surface area contributed by atoms with Gasteiger partial charge in [0.2, 0.25) is 0 Å². The van der Waals surface area contributed by atoms with Crippen LogP contribution in [-0.2, 0) is 0 Å². The van der Waals surface area contributed by atoms with Gasteiger partial charge in [-0.25, -0.2) is 0 Å². The van der Waals surface area contributed by atoms with Gasteiger partial charge in [-0.1, -0.05) is 25.4 Å². The van der Waals surface area contributed by atoms with Crippen LogP contribution in [0, 0.1) is 0 Å². The number of nitrogens with zero attached hydrogens (tertiary/aromatic N) is 3. The predicted octanol–water partition coefficient (Wildman–Crippen LogP) is 2.76. The fourth-order valence-electron chi connectivity index (χ4n) is 1.36. The Morgan fingerprint density at radius 1 is 1.14 bits per heavy atom. The van der Waals surface area contributed by atoms with Crippen molar-refractivity contribution in [3.8, 4) is 0 Å². The molecule has 78 valence electrons. The molecule has 1 heterocycles. The van der Waals surface area contributed by atoms with Crippen LogP contribution in [0.2, 0.25) is 5.15 Å². The zero-order valence-corrected chi connectivity index (χ0v) is 9.46. The summed E-state index contributed by atoms with van der Waals surface area (Å²) in [6.45, 7) is 6.35. The van der Waals surface area contributed by atoms with Gasteiger partial charge in [-0.2, -0.15) is 0 Å². The zero-order valence-electron chi connectivity index (χ0n) is 8.70. The summed E-state index contributed by atoms with van der Waals surface area (Å²) in [6, 6.07) is 3.70. The topological polar surface area (TPSA) is 29.0 Å². The molecular weight excluding hydrogens is 198 g/mol. The van der Waals surface area contributed by atoms with Gasteiger partial charge in [0.05, 0.1) is 0 Å². The van der Waals surface area contributed by atoms with E-state index < -0.39 is 0 Å². The Balaban J connectivity index is 2.71. The molecule has 0 saturated carbocycles. The lowest BCUT2D eigenvalue weighted by molar-refractivity contribution is 0.726. The lowest BCUT2D eigenvalue weighted by Gasteiger charge is -2.21. The van der Waals surface area contributed by atoms with Crippen molar-refractivity contribution in [1.82, 2.24) is 10.2 Å². The van der Waals surface area contributed by atoms with Crippen molar-refractivity contribution in [2.24, 2.45) is 0 Å². The van der Waals surface area contributed by atoms with E-state index in [9.17, 15) is 0 Å². The third-order valence-corrected chi connectivity index (χ3v) is 2.13. The first-order chi connectivity index (χ1) is 6.77. The first-order valence-corrected chi connectivity index (χ1v) is 5.40. The van der Waals surface area contributed by atoms with E-state index in [0.717, 1.165) is 31.7 Å². The lowest BCUT2D eigenvalue weighted by Crippen LogP contribution is -2.25. The molecule has 0 fully saturated rings. The van der Waals surface area contributed by atoms with Crippen LogP contribution in [-0.4, -0.2) is 23.3 Å². The molecule has 1 aromatic heterocycles. The number of hydrogen-bond donors (Lipinski definition) is 0. The van der Waals surface area contributed by atoms with Crippen molar-refractivity contribution in [3.05, 3.63) is 17.3 Å². The summed E-state index contributed by atoms with van der Waals surface area (Å²) in [4.78, 5) is 2.23. The van der Waals surface area contributed by atoms with Gasteiger partial charge in [0.25, 0.3) is 0 Å². The second-order valence-electron chi connectivity index (χ2n) is 3.20. The molecule has 0 spiro atoms. The summed E-state index contributed by atoms with van der Waals surface area (Å²) in [6.07, 6.45) is 2.23. The molecule has 0 unspecified atom stereocenters. The lowest BCUT2D eigenvalue weighted by atomic mass is 10.3. The Hall–Kier alpha value is -0.830. The molecule has 0 aliphatic rings. The summed E-state index contributed by atoms with van der Waals surface area (Å²) < 4.78 is 0. The van der Waals surface area contributed by atoms with Crippen LogP contribution in [0.15, 0.2) is 12.1 Å². The molecule has 1 aromatic rings. The smallest absolute Gasteiger partial charge is 0.151 e. The fraction of sp³-hybridized carbons (Fsp3) is 0.600. The Kier molecular flexibility index (Phi) is 4.66. The highest BCUT2D eigenvalue weighted by Crippen LogP contribution is 2.12. The first-order valence-electron chi connectivity index (χ1n) is 5.02. The number of rotatable bonds is 5. The highest BCUT2D eigenvalue weighted by atomic mass is 35.5. The minimum Gasteiger partial charge on any atom is -0.355 e. The van der Waals surface area contributed by atoms with Crippen molar-refractivity contribution >= 4 is 17.4 Å². The largest absolute Gasteiger partial charge is 0.355 e. The van der Waals surface area contributed by atoms with Crippen LogP contribution in [0.1, 0.15) is 26.7 Å². The predicted molar refractivity (Wildman–Crippen MR) is 59.8 cm³/mol. The quantitative estimate of drug-likeness (QED) is 0.753. The van der Waals surface area contributed by atoms with E-state index in [-0.39, 0.29) is 0 Å². The molecule has 4 heteroatoms. The summed E-state index contributed by atoms with van der Waals surface area (Å²) >= 11 is 5.68. The molecule has 0 saturated heterocycles. The maximum absolute atomic E-state index is 5.68. The summed E-state index contributed by atoms with van der Waals surface area (Å²) in [7, 11) is 0. The molecule has 0 aliphatic carbocycles. The van der Waals surface area contributed by atoms with Crippen LogP contribution in [0.4, 0.5) is 5.82 Å². The molecule has 0 radical (unpaired) electrons. The number of halogens is 1. The standard InChI is InChI=1S/C10H16ClN3/c1-3-7-14(8-4-2)10-6-5-9(11)12-13-10/h5-6H,3-4,7-8H2,1-2H3. The van der Waals surface area contributed by atoms with Crippen molar-refractivity contribution in [2.75, 3.05) is 18.0 Å². The van der Waals surface area contributed by atoms with Crippen molar-refractivity contribution < 1.29 is 0 Å². The van der Waals surface area contributed by atoms with Gasteiger partial charge in [-0.15, -0.1) is 10.2 Å². The summed E-state index contributed by atoms with van der Waals surface area (Å²) in [5.41, 5.74) is 0. The molecule has 0 atom stereocenters. The SMILES string of the molecule is CCCN(CCC)c1ccc(Cl)nn1. The molecule has 1 rings (SSSR count). The third kappa shape index (κ3) is 3.14. The Morgan fingerprint density at radius 3 is 2.21 bits per heavy atom. The molecule has 0 N–H and O–H groups in total. The Morgan fingerprint density at radius 2 is 1.79 bits per heavy atom. The molecule has 0 aromatic carbocycles. The average molecular weight is 214 g/mol. The van der Waals surface area contributed by atoms with Gasteiger partial charge >= 0.3 is 0 Å². The molecule has 0 amide bonds. The molecular formula is C10H16ClN3. The first kappa shape index (κ1) is 11.2. The van der Waals surface area contributed by atoms with E-state index in [1.807, 2.05) is 6.07 Å². The van der Waals surface area contributed by atoms with Crippen LogP contribution >= 0.6 is 11.6 Å². The average Bonchev–Trinajstić information content (AvgIpc) is 2.19. The minimum absolute atomic E-state index is 0.446. The van der Waals surface area contributed by atoms with Crippen molar-refractivity contribution in [1.29, 1.82) is 0 Å². The third-order valence-electron chi connectivity index (χ3n) is 1.93. The highest BCUT2D eigenvalue weighted by Gasteiger charge is 2.05. The zero-order chi connectivity index (χ0) is 10.4. The van der Waals surface area contributed by atoms with Crippen molar-refractivity contribution in [2.45, 2.75) is 26.7 Å². The van der Waals surface area contributed by atoms with Crippen LogP contribution < -0.4 is 4.90 Å². The molecule has 14 heavy (non-hydrogen) atoms. The van der Waals surface area contributed by atoms with E-state index in [2.05, 4.69) is 28.9 Å². The number of hydrogen-bond acceptors (Lipinski definition) is 3. The van der Waals surface area contributed by atoms with Crippen LogP contribution in [0.25, 0.3) is 0 Å². The summed E-state index contributed by atoms with van der Waals surface area (Å²) in [5.74, 6) is 0.915. The number of aromatic nitrogens is 2. The normalized spacial score (nSPS) is 10.2. The van der Waals surface area contributed by atoms with Crippen LogP contribution in [0.3, 0.4) is 0 Å². The Labute approximate surface area is 90.1 Å². The second kappa shape index (κ2) is 5.81. The highest BCUT2D eigenvalue weighted by molar-refractivity contribution is 6.29.